The molecule has 3 rings (SSSR count). The maximum absolute atomic E-state index is 13.3. The first-order chi connectivity index (χ1) is 18.4. The van der Waals surface area contributed by atoms with Crippen LogP contribution in [0, 0.1) is 0 Å². The van der Waals surface area contributed by atoms with Gasteiger partial charge in [0, 0.05) is 12.0 Å². The Kier molecular flexibility index (Phi) is 10.3. The molecule has 0 heterocycles. The van der Waals surface area contributed by atoms with Gasteiger partial charge in [0.2, 0.25) is 0 Å². The van der Waals surface area contributed by atoms with E-state index in [4.69, 9.17) is 22.7 Å². The molecule has 0 amide bonds. The summed E-state index contributed by atoms with van der Waals surface area (Å²) in [5, 5.41) is 0.0314. The van der Waals surface area contributed by atoms with E-state index in [0.717, 1.165) is 11.1 Å². The number of hydrogen-bond donors (Lipinski definition) is 3. The molecule has 4 N–H and O–H groups in total. The van der Waals surface area contributed by atoms with Gasteiger partial charge in [-0.15, -0.1) is 0 Å². The average Bonchev–Trinajstić information content (AvgIpc) is 2.88. The standard InChI is InChI=1S/C27H28F6N4OS/c1-37(17-35-36-25(34)39)23(24(19-8-4-2-5-9-19)20-10-6-3-7-11-20)16-38-15-18-12-21(26(28,29)30)14-22(13-18)27(31,32)33/h2-14,23-24,35H,15-17H2,1H3,(H3,34,36,39). The van der Waals surface area contributed by atoms with Crippen molar-refractivity contribution in [3.63, 3.8) is 0 Å². The molecule has 210 valence electrons. The molecule has 3 aromatic rings. The molecule has 0 aliphatic heterocycles. The van der Waals surface area contributed by atoms with Gasteiger partial charge in [-0.25, -0.2) is 5.43 Å². The van der Waals surface area contributed by atoms with Crippen molar-refractivity contribution in [3.05, 3.63) is 107 Å². The Morgan fingerprint density at radius 1 is 0.872 bits per heavy atom. The van der Waals surface area contributed by atoms with Gasteiger partial charge in [-0.2, -0.15) is 26.3 Å². The summed E-state index contributed by atoms with van der Waals surface area (Å²) in [5.74, 6) is -0.253. The minimum absolute atomic E-state index is 0.0166. The van der Waals surface area contributed by atoms with E-state index in [2.05, 4.69) is 10.9 Å². The van der Waals surface area contributed by atoms with Gasteiger partial charge in [0.25, 0.3) is 0 Å². The topological polar surface area (TPSA) is 62.5 Å². The summed E-state index contributed by atoms with van der Waals surface area (Å²) < 4.78 is 85.6. The largest absolute Gasteiger partial charge is 0.416 e. The Morgan fingerprint density at radius 3 is 1.79 bits per heavy atom. The SMILES string of the molecule is CN(CNNC(N)=S)C(COCc1cc(C(F)(F)F)cc(C(F)(F)F)c1)C(c1ccccc1)c1ccccc1. The lowest BCUT2D eigenvalue weighted by molar-refractivity contribution is -0.143. The smallest absolute Gasteiger partial charge is 0.375 e. The number of alkyl halides is 6. The molecule has 1 atom stereocenters. The second-order valence-corrected chi connectivity index (χ2v) is 9.32. The Hall–Kier alpha value is -3.19. The van der Waals surface area contributed by atoms with Gasteiger partial charge in [0.1, 0.15) is 0 Å². The number of hydrogen-bond acceptors (Lipinski definition) is 4. The number of thiocarbonyl (C=S) groups is 1. The number of hydrazine groups is 1. The van der Waals surface area contributed by atoms with Crippen LogP contribution in [0.4, 0.5) is 26.3 Å². The fourth-order valence-corrected chi connectivity index (χ4v) is 4.28. The van der Waals surface area contributed by atoms with Crippen molar-refractivity contribution in [2.24, 2.45) is 5.73 Å². The van der Waals surface area contributed by atoms with Crippen LogP contribution < -0.4 is 16.6 Å². The van der Waals surface area contributed by atoms with Gasteiger partial charge in [0.15, 0.2) is 5.11 Å². The lowest BCUT2D eigenvalue weighted by Crippen LogP contribution is -2.50. The maximum Gasteiger partial charge on any atom is 0.416 e. The Bertz CT molecular complexity index is 1140. The number of halogens is 6. The lowest BCUT2D eigenvalue weighted by atomic mass is 9.84. The van der Waals surface area contributed by atoms with Crippen LogP contribution in [-0.4, -0.2) is 36.4 Å². The van der Waals surface area contributed by atoms with Crippen LogP contribution in [0.15, 0.2) is 78.9 Å². The number of nitrogens with zero attached hydrogens (tertiary/aromatic N) is 1. The van der Waals surface area contributed by atoms with Gasteiger partial charge < -0.3 is 10.5 Å². The van der Waals surface area contributed by atoms with E-state index in [1.165, 1.54) is 0 Å². The van der Waals surface area contributed by atoms with Crippen LogP contribution in [-0.2, 0) is 23.7 Å². The average molecular weight is 571 g/mol. The van der Waals surface area contributed by atoms with Crippen LogP contribution in [0.5, 0.6) is 0 Å². The molecule has 0 saturated carbocycles. The van der Waals surface area contributed by atoms with Gasteiger partial charge in [-0.05, 0) is 54.2 Å². The Labute approximate surface area is 227 Å². The normalized spacial score (nSPS) is 13.1. The third-order valence-corrected chi connectivity index (χ3v) is 6.12. The third-order valence-electron chi connectivity index (χ3n) is 6.01. The van der Waals surface area contributed by atoms with Crippen LogP contribution >= 0.6 is 12.2 Å². The Balaban J connectivity index is 1.91. The first-order valence-corrected chi connectivity index (χ1v) is 12.2. The molecule has 0 bridgehead atoms. The molecule has 12 heteroatoms. The van der Waals surface area contributed by atoms with E-state index in [1.54, 1.807) is 7.05 Å². The zero-order valence-electron chi connectivity index (χ0n) is 20.9. The highest BCUT2D eigenvalue weighted by molar-refractivity contribution is 7.80. The van der Waals surface area contributed by atoms with Crippen molar-refractivity contribution >= 4 is 17.3 Å². The van der Waals surface area contributed by atoms with Crippen LogP contribution in [0.2, 0.25) is 0 Å². The third kappa shape index (κ3) is 8.92. The van der Waals surface area contributed by atoms with Gasteiger partial charge in [-0.3, -0.25) is 10.3 Å². The number of likely N-dealkylation sites (N-methyl/N-ethyl adjacent to an activating group) is 1. The van der Waals surface area contributed by atoms with Crippen molar-refractivity contribution < 1.29 is 31.1 Å². The summed E-state index contributed by atoms with van der Waals surface area (Å²) in [6.45, 7) is -0.229. The first kappa shape index (κ1) is 30.4. The molecular weight excluding hydrogens is 542 g/mol. The summed E-state index contributed by atoms with van der Waals surface area (Å²) in [5.41, 5.74) is 9.89. The van der Waals surface area contributed by atoms with Crippen LogP contribution in [0.25, 0.3) is 0 Å². The molecule has 39 heavy (non-hydrogen) atoms. The highest BCUT2D eigenvalue weighted by Gasteiger charge is 2.37. The molecule has 3 aromatic carbocycles. The molecule has 5 nitrogen and oxygen atoms in total. The fraction of sp³-hybridized carbons (Fsp3) is 0.296. The zero-order valence-corrected chi connectivity index (χ0v) is 21.7. The zero-order chi connectivity index (χ0) is 28.6. The summed E-state index contributed by atoms with van der Waals surface area (Å²) in [6.07, 6.45) is -9.88. The molecule has 0 saturated heterocycles. The summed E-state index contributed by atoms with van der Waals surface area (Å²) >= 11 is 4.82. The van der Waals surface area contributed by atoms with E-state index >= 15 is 0 Å². The van der Waals surface area contributed by atoms with Crippen molar-refractivity contribution in [2.75, 3.05) is 20.3 Å². The first-order valence-electron chi connectivity index (χ1n) is 11.8. The molecule has 0 spiro atoms. The van der Waals surface area contributed by atoms with E-state index in [0.29, 0.717) is 12.1 Å². The monoisotopic (exact) mass is 570 g/mol. The molecule has 1 unspecified atom stereocenters. The molecular formula is C27H28F6N4OS. The van der Waals surface area contributed by atoms with E-state index in [9.17, 15) is 26.3 Å². The van der Waals surface area contributed by atoms with Crippen molar-refractivity contribution in [2.45, 2.75) is 30.9 Å². The number of ether oxygens (including phenoxy) is 1. The molecule has 0 radical (unpaired) electrons. The predicted molar refractivity (Wildman–Crippen MR) is 140 cm³/mol. The predicted octanol–water partition coefficient (Wildman–Crippen LogP) is 5.67. The highest BCUT2D eigenvalue weighted by atomic mass is 32.1. The van der Waals surface area contributed by atoms with Gasteiger partial charge in [-0.1, -0.05) is 60.7 Å². The van der Waals surface area contributed by atoms with E-state index in [-0.39, 0.29) is 35.9 Å². The summed E-state index contributed by atoms with van der Waals surface area (Å²) in [6, 6.07) is 20.1. The Morgan fingerprint density at radius 2 is 1.36 bits per heavy atom. The molecule has 0 fully saturated rings. The van der Waals surface area contributed by atoms with Gasteiger partial charge in [0.05, 0.1) is 31.0 Å². The lowest BCUT2D eigenvalue weighted by Gasteiger charge is -2.35. The van der Waals surface area contributed by atoms with E-state index < -0.39 is 36.1 Å². The number of benzene rings is 3. The maximum atomic E-state index is 13.3. The highest BCUT2D eigenvalue weighted by Crippen LogP contribution is 2.37. The second kappa shape index (κ2) is 13.2. The van der Waals surface area contributed by atoms with Crippen LogP contribution in [0.3, 0.4) is 0 Å². The molecule has 0 aliphatic carbocycles. The quantitative estimate of drug-likeness (QED) is 0.120. The van der Waals surface area contributed by atoms with Crippen LogP contribution in [0.1, 0.15) is 33.7 Å². The van der Waals surface area contributed by atoms with E-state index in [1.807, 2.05) is 65.6 Å². The van der Waals surface area contributed by atoms with Gasteiger partial charge >= 0.3 is 12.4 Å². The van der Waals surface area contributed by atoms with Crippen molar-refractivity contribution in [1.29, 1.82) is 0 Å². The number of nitrogens with two attached hydrogens (primary N) is 1. The minimum atomic E-state index is -4.94. The van der Waals surface area contributed by atoms with Crippen molar-refractivity contribution in [1.82, 2.24) is 15.8 Å². The van der Waals surface area contributed by atoms with Crippen molar-refractivity contribution in [3.8, 4) is 0 Å². The summed E-state index contributed by atoms with van der Waals surface area (Å²) in [7, 11) is 1.80. The summed E-state index contributed by atoms with van der Waals surface area (Å²) in [4.78, 5) is 1.89. The number of rotatable bonds is 11. The molecule has 0 aromatic heterocycles. The number of nitrogens with one attached hydrogen (secondary N) is 2. The molecule has 0 aliphatic rings. The second-order valence-electron chi connectivity index (χ2n) is 8.88. The minimum Gasteiger partial charge on any atom is -0.375 e. The fourth-order valence-electron chi connectivity index (χ4n) is 4.20.